The number of carbonyl (C=O) groups is 2. The van der Waals surface area contributed by atoms with Gasteiger partial charge in [-0.25, -0.2) is 9.97 Å². The number of nitrogens with one attached hydrogen (secondary N) is 1. The summed E-state index contributed by atoms with van der Waals surface area (Å²) in [6.45, 7) is 5.50. The van der Waals surface area contributed by atoms with E-state index in [1.165, 1.54) is 23.9 Å². The van der Waals surface area contributed by atoms with Gasteiger partial charge >= 0.3 is 0 Å². The first-order chi connectivity index (χ1) is 9.80. The lowest BCUT2D eigenvalue weighted by molar-refractivity contribution is 0.0859. The van der Waals surface area contributed by atoms with E-state index in [0.717, 1.165) is 0 Å². The molecule has 1 N–H and O–H groups in total. The lowest BCUT2D eigenvalue weighted by Gasteiger charge is -2.16. The zero-order valence-electron chi connectivity index (χ0n) is 11.8. The van der Waals surface area contributed by atoms with Gasteiger partial charge in [-0.3, -0.25) is 9.59 Å². The molecule has 0 aliphatic rings. The molecular formula is C14H14ClN3O2S. The fourth-order valence-electron chi connectivity index (χ4n) is 1.63. The first-order valence-corrected chi connectivity index (χ1v) is 7.45. The SMILES string of the molecule is CC(C)(C)C(=O)c1ccsc1NC(=O)c1ncncc1Cl. The van der Waals surface area contributed by atoms with E-state index in [1.54, 1.807) is 11.4 Å². The third-order valence-electron chi connectivity index (χ3n) is 2.70. The van der Waals surface area contributed by atoms with Crippen LogP contribution in [0.3, 0.4) is 0 Å². The number of aromatic nitrogens is 2. The van der Waals surface area contributed by atoms with Gasteiger partial charge in [-0.05, 0) is 11.4 Å². The van der Waals surface area contributed by atoms with Crippen molar-refractivity contribution in [3.63, 3.8) is 0 Å². The Morgan fingerprint density at radius 2 is 2.05 bits per heavy atom. The molecule has 0 aliphatic carbocycles. The number of hydrogen-bond donors (Lipinski definition) is 1. The van der Waals surface area contributed by atoms with Gasteiger partial charge in [0.1, 0.15) is 17.0 Å². The third-order valence-corrected chi connectivity index (χ3v) is 3.81. The molecule has 5 nitrogen and oxygen atoms in total. The zero-order valence-corrected chi connectivity index (χ0v) is 13.4. The second-order valence-electron chi connectivity index (χ2n) is 5.42. The zero-order chi connectivity index (χ0) is 15.6. The predicted octanol–water partition coefficient (Wildman–Crippen LogP) is 3.67. The molecule has 2 aromatic rings. The van der Waals surface area contributed by atoms with E-state index in [0.29, 0.717) is 10.6 Å². The molecule has 0 aromatic carbocycles. The minimum absolute atomic E-state index is 0.0344. The number of anilines is 1. The Bertz CT molecular complexity index is 692. The van der Waals surface area contributed by atoms with Crippen molar-refractivity contribution in [3.05, 3.63) is 40.3 Å². The Labute approximate surface area is 131 Å². The number of nitrogens with zero attached hydrogens (tertiary/aromatic N) is 2. The molecular weight excluding hydrogens is 310 g/mol. The fraction of sp³-hybridized carbons (Fsp3) is 0.286. The maximum atomic E-state index is 12.3. The Hall–Kier alpha value is -1.79. The minimum atomic E-state index is -0.521. The number of ketones is 1. The largest absolute Gasteiger partial charge is 0.312 e. The maximum Gasteiger partial charge on any atom is 0.276 e. The molecule has 0 radical (unpaired) electrons. The molecule has 21 heavy (non-hydrogen) atoms. The van der Waals surface area contributed by atoms with Crippen LogP contribution >= 0.6 is 22.9 Å². The standard InChI is InChI=1S/C14H14ClN3O2S/c1-14(2,3)11(19)8-4-5-21-13(8)18-12(20)10-9(15)6-16-7-17-10/h4-7H,1-3H3,(H,18,20). The molecule has 0 saturated heterocycles. The van der Waals surface area contributed by atoms with Crippen molar-refractivity contribution in [2.24, 2.45) is 5.41 Å². The van der Waals surface area contributed by atoms with Crippen molar-refractivity contribution in [1.29, 1.82) is 0 Å². The van der Waals surface area contributed by atoms with E-state index in [1.807, 2.05) is 20.8 Å². The van der Waals surface area contributed by atoms with E-state index in [9.17, 15) is 9.59 Å². The van der Waals surface area contributed by atoms with E-state index in [2.05, 4.69) is 15.3 Å². The number of hydrogen-bond acceptors (Lipinski definition) is 5. The van der Waals surface area contributed by atoms with E-state index in [-0.39, 0.29) is 16.5 Å². The van der Waals surface area contributed by atoms with Crippen molar-refractivity contribution in [3.8, 4) is 0 Å². The molecule has 0 saturated carbocycles. The van der Waals surface area contributed by atoms with Gasteiger partial charge in [0.15, 0.2) is 5.78 Å². The van der Waals surface area contributed by atoms with Crippen LogP contribution in [0.5, 0.6) is 0 Å². The highest BCUT2D eigenvalue weighted by atomic mass is 35.5. The van der Waals surface area contributed by atoms with Gasteiger partial charge in [0, 0.05) is 11.6 Å². The molecule has 1 amide bonds. The molecule has 0 unspecified atom stereocenters. The minimum Gasteiger partial charge on any atom is -0.312 e. The van der Waals surface area contributed by atoms with Crippen LogP contribution in [-0.2, 0) is 0 Å². The second-order valence-corrected chi connectivity index (χ2v) is 6.74. The van der Waals surface area contributed by atoms with Crippen molar-refractivity contribution in [2.45, 2.75) is 20.8 Å². The topological polar surface area (TPSA) is 72.0 Å². The van der Waals surface area contributed by atoms with Gasteiger partial charge < -0.3 is 5.32 Å². The van der Waals surface area contributed by atoms with E-state index in [4.69, 9.17) is 11.6 Å². The summed E-state index contributed by atoms with van der Waals surface area (Å²) in [6, 6.07) is 1.70. The molecule has 0 aliphatic heterocycles. The summed E-state index contributed by atoms with van der Waals surface area (Å²) in [6.07, 6.45) is 2.59. The summed E-state index contributed by atoms with van der Waals surface area (Å²) < 4.78 is 0. The number of rotatable bonds is 3. The maximum absolute atomic E-state index is 12.3. The van der Waals surface area contributed by atoms with Crippen LogP contribution in [0.4, 0.5) is 5.00 Å². The van der Waals surface area contributed by atoms with Crippen LogP contribution in [0.15, 0.2) is 24.0 Å². The molecule has 0 spiro atoms. The molecule has 0 fully saturated rings. The van der Waals surface area contributed by atoms with Gasteiger partial charge in [0.25, 0.3) is 5.91 Å². The highest BCUT2D eigenvalue weighted by Crippen LogP contribution is 2.30. The Balaban J connectivity index is 2.26. The smallest absolute Gasteiger partial charge is 0.276 e. The van der Waals surface area contributed by atoms with Gasteiger partial charge in [-0.1, -0.05) is 32.4 Å². The third kappa shape index (κ3) is 3.46. The number of amides is 1. The quantitative estimate of drug-likeness (QED) is 0.875. The predicted molar refractivity (Wildman–Crippen MR) is 83.1 cm³/mol. The lowest BCUT2D eigenvalue weighted by Crippen LogP contribution is -2.22. The average Bonchev–Trinajstić information content (AvgIpc) is 2.85. The second kappa shape index (κ2) is 5.91. The van der Waals surface area contributed by atoms with Crippen LogP contribution in [0, 0.1) is 5.41 Å². The summed E-state index contributed by atoms with van der Waals surface area (Å²) in [5.74, 6) is -0.499. The number of thiophene rings is 1. The molecule has 0 bridgehead atoms. The van der Waals surface area contributed by atoms with Gasteiger partial charge in [-0.15, -0.1) is 11.3 Å². The molecule has 7 heteroatoms. The summed E-state index contributed by atoms with van der Waals surface area (Å²) in [5.41, 5.74) is 0.0490. The van der Waals surface area contributed by atoms with Crippen molar-refractivity contribution in [1.82, 2.24) is 9.97 Å². The van der Waals surface area contributed by atoms with Crippen molar-refractivity contribution < 1.29 is 9.59 Å². The highest BCUT2D eigenvalue weighted by Gasteiger charge is 2.26. The van der Waals surface area contributed by atoms with Gasteiger partial charge in [-0.2, -0.15) is 0 Å². The monoisotopic (exact) mass is 323 g/mol. The summed E-state index contributed by atoms with van der Waals surface area (Å²) in [7, 11) is 0. The Kier molecular flexibility index (Phi) is 4.39. The Morgan fingerprint density at radius 3 is 2.67 bits per heavy atom. The van der Waals surface area contributed by atoms with E-state index < -0.39 is 11.3 Å². The molecule has 2 rings (SSSR count). The number of carbonyl (C=O) groups excluding carboxylic acids is 2. The Morgan fingerprint density at radius 1 is 1.33 bits per heavy atom. The van der Waals surface area contributed by atoms with Crippen LogP contribution in [0.1, 0.15) is 41.6 Å². The van der Waals surface area contributed by atoms with Gasteiger partial charge in [0.2, 0.25) is 0 Å². The van der Waals surface area contributed by atoms with Crippen LogP contribution < -0.4 is 5.32 Å². The van der Waals surface area contributed by atoms with Crippen LogP contribution in [0.2, 0.25) is 5.02 Å². The summed E-state index contributed by atoms with van der Waals surface area (Å²) in [5, 5.41) is 5.10. The van der Waals surface area contributed by atoms with E-state index >= 15 is 0 Å². The van der Waals surface area contributed by atoms with Gasteiger partial charge in [0.05, 0.1) is 10.6 Å². The average molecular weight is 324 g/mol. The number of Topliss-reactive ketones (excluding diaryl/α,β-unsaturated/α-hetero) is 1. The first kappa shape index (κ1) is 15.6. The molecule has 2 aromatic heterocycles. The van der Waals surface area contributed by atoms with Crippen LogP contribution in [0.25, 0.3) is 0 Å². The summed E-state index contributed by atoms with van der Waals surface area (Å²) >= 11 is 7.17. The normalized spacial score (nSPS) is 11.2. The first-order valence-electron chi connectivity index (χ1n) is 6.20. The summed E-state index contributed by atoms with van der Waals surface area (Å²) in [4.78, 5) is 32.1. The fourth-order valence-corrected chi connectivity index (χ4v) is 2.60. The number of halogens is 1. The highest BCUT2D eigenvalue weighted by molar-refractivity contribution is 7.14. The van der Waals surface area contributed by atoms with Crippen molar-refractivity contribution >= 4 is 39.6 Å². The van der Waals surface area contributed by atoms with Crippen molar-refractivity contribution in [2.75, 3.05) is 5.32 Å². The van der Waals surface area contributed by atoms with Crippen LogP contribution in [-0.4, -0.2) is 21.7 Å². The molecule has 0 atom stereocenters. The molecule has 110 valence electrons. The molecule has 2 heterocycles. The lowest BCUT2D eigenvalue weighted by atomic mass is 9.87.